The fraction of sp³-hybridized carbons (Fsp3) is 0.412. The quantitative estimate of drug-likeness (QED) is 0.592. The van der Waals surface area contributed by atoms with E-state index < -0.39 is 0 Å². The number of benzene rings is 1. The lowest BCUT2D eigenvalue weighted by atomic mass is 10.0. The molecule has 1 heteroatoms. The van der Waals surface area contributed by atoms with Gasteiger partial charge in [-0.15, -0.1) is 0 Å². The lowest BCUT2D eigenvalue weighted by molar-refractivity contribution is 0.452. The Labute approximate surface area is 112 Å². The highest BCUT2D eigenvalue weighted by molar-refractivity contribution is 5.71. The van der Waals surface area contributed by atoms with Crippen LogP contribution >= 0.6 is 0 Å². The molecule has 1 rings (SSSR count). The predicted molar refractivity (Wildman–Crippen MR) is 82.3 cm³/mol. The van der Waals surface area contributed by atoms with Crippen LogP contribution in [0.1, 0.15) is 43.7 Å². The van der Waals surface area contributed by atoms with Crippen LogP contribution in [0.4, 0.5) is 0 Å². The van der Waals surface area contributed by atoms with E-state index in [-0.39, 0.29) is 0 Å². The zero-order chi connectivity index (χ0) is 13.4. The lowest BCUT2D eigenvalue weighted by Gasteiger charge is -2.23. The molecule has 0 fully saturated rings. The average Bonchev–Trinajstić information content (AvgIpc) is 2.42. The van der Waals surface area contributed by atoms with Crippen molar-refractivity contribution in [3.63, 3.8) is 0 Å². The molecule has 1 aromatic carbocycles. The number of hydrogen-bond acceptors (Lipinski definition) is 1. The Hall–Kier alpha value is -1.50. The summed E-state index contributed by atoms with van der Waals surface area (Å²) in [4.78, 5) is 2.25. The minimum absolute atomic E-state index is 1.07. The van der Waals surface area contributed by atoms with Crippen LogP contribution in [0.3, 0.4) is 0 Å². The van der Waals surface area contributed by atoms with Crippen LogP contribution in [0.2, 0.25) is 0 Å². The molecule has 0 amide bonds. The third kappa shape index (κ3) is 4.06. The molecule has 0 aliphatic rings. The predicted octanol–water partition coefficient (Wildman–Crippen LogP) is 4.81. The summed E-state index contributed by atoms with van der Waals surface area (Å²) in [6.07, 6.45) is 7.04. The van der Waals surface area contributed by atoms with E-state index >= 15 is 0 Å². The minimum atomic E-state index is 1.07. The molecule has 0 saturated heterocycles. The molecule has 0 spiro atoms. The molecule has 0 bridgehead atoms. The van der Waals surface area contributed by atoms with Crippen LogP contribution in [0.25, 0.3) is 11.8 Å². The van der Waals surface area contributed by atoms with Gasteiger partial charge in [-0.2, -0.15) is 0 Å². The first-order valence-electron chi connectivity index (χ1n) is 6.82. The van der Waals surface area contributed by atoms with Gasteiger partial charge in [-0.1, -0.05) is 69.7 Å². The Bertz CT molecular complexity index is 392. The van der Waals surface area contributed by atoms with Crippen LogP contribution in [0.5, 0.6) is 0 Å². The summed E-state index contributed by atoms with van der Waals surface area (Å²) in [6, 6.07) is 8.29. The lowest BCUT2D eigenvalue weighted by Crippen LogP contribution is -2.18. The molecule has 0 aromatic heterocycles. The van der Waals surface area contributed by atoms with Crippen LogP contribution in [0.15, 0.2) is 37.4 Å². The van der Waals surface area contributed by atoms with Crippen LogP contribution in [-0.4, -0.2) is 18.5 Å². The first-order valence-corrected chi connectivity index (χ1v) is 6.82. The molecule has 0 heterocycles. The van der Waals surface area contributed by atoms with Gasteiger partial charge >= 0.3 is 0 Å². The molecular weight excluding hydrogens is 218 g/mol. The average molecular weight is 243 g/mol. The molecule has 0 aliphatic carbocycles. The Morgan fingerprint density at radius 3 is 2.61 bits per heavy atom. The van der Waals surface area contributed by atoms with E-state index in [0.717, 1.165) is 17.8 Å². The standard InChI is InChI=1S/C17H25N/c1-5-7-8-11-14-18(4)15(3)17-13-10-9-12-16(17)6-2/h6,9-10,12-13H,2-3,5,7-8,11,14H2,1,4H3. The van der Waals surface area contributed by atoms with Gasteiger partial charge in [0.15, 0.2) is 0 Å². The maximum atomic E-state index is 4.21. The Morgan fingerprint density at radius 1 is 1.22 bits per heavy atom. The van der Waals surface area contributed by atoms with Gasteiger partial charge in [-0.25, -0.2) is 0 Å². The van der Waals surface area contributed by atoms with Crippen molar-refractivity contribution in [2.24, 2.45) is 0 Å². The monoisotopic (exact) mass is 243 g/mol. The zero-order valence-electron chi connectivity index (χ0n) is 11.8. The Morgan fingerprint density at radius 2 is 1.94 bits per heavy atom. The molecule has 0 radical (unpaired) electrons. The summed E-state index contributed by atoms with van der Waals surface area (Å²) in [6.45, 7) is 11.4. The number of rotatable bonds is 8. The molecule has 1 aromatic rings. The second kappa shape index (κ2) is 7.75. The second-order valence-electron chi connectivity index (χ2n) is 4.72. The van der Waals surface area contributed by atoms with Crippen molar-refractivity contribution < 1.29 is 0 Å². The molecule has 0 N–H and O–H groups in total. The van der Waals surface area contributed by atoms with Gasteiger partial charge in [0.25, 0.3) is 0 Å². The Balaban J connectivity index is 2.60. The smallest absolute Gasteiger partial charge is 0.0370 e. The summed E-state index contributed by atoms with van der Waals surface area (Å²) in [7, 11) is 2.12. The first kappa shape index (κ1) is 14.6. The second-order valence-corrected chi connectivity index (χ2v) is 4.72. The fourth-order valence-electron chi connectivity index (χ4n) is 2.05. The normalized spacial score (nSPS) is 10.1. The van der Waals surface area contributed by atoms with Gasteiger partial charge < -0.3 is 4.90 Å². The third-order valence-corrected chi connectivity index (χ3v) is 3.30. The number of unbranched alkanes of at least 4 members (excludes halogenated alkanes) is 3. The highest BCUT2D eigenvalue weighted by Gasteiger charge is 2.07. The van der Waals surface area contributed by atoms with Crippen molar-refractivity contribution in [1.82, 2.24) is 4.90 Å². The van der Waals surface area contributed by atoms with Crippen molar-refractivity contribution in [2.75, 3.05) is 13.6 Å². The van der Waals surface area contributed by atoms with Crippen molar-refractivity contribution >= 4 is 11.8 Å². The molecule has 1 nitrogen and oxygen atoms in total. The van der Waals surface area contributed by atoms with Crippen LogP contribution < -0.4 is 0 Å². The van der Waals surface area contributed by atoms with Crippen LogP contribution in [-0.2, 0) is 0 Å². The van der Waals surface area contributed by atoms with Gasteiger partial charge in [0, 0.05) is 24.9 Å². The molecule has 0 saturated carbocycles. The van der Waals surface area contributed by atoms with E-state index in [1.165, 1.54) is 31.2 Å². The molecule has 0 unspecified atom stereocenters. The SMILES string of the molecule is C=Cc1ccccc1C(=C)N(C)CCCCCC. The first-order chi connectivity index (χ1) is 8.70. The minimum Gasteiger partial charge on any atom is -0.375 e. The summed E-state index contributed by atoms with van der Waals surface area (Å²) in [5.41, 5.74) is 3.43. The highest BCUT2D eigenvalue weighted by atomic mass is 15.1. The van der Waals surface area contributed by atoms with Gasteiger partial charge in [-0.3, -0.25) is 0 Å². The molecule has 0 atom stereocenters. The van der Waals surface area contributed by atoms with E-state index in [1.54, 1.807) is 0 Å². The number of hydrogen-bond donors (Lipinski definition) is 0. The maximum absolute atomic E-state index is 4.21. The molecular formula is C17H25N. The van der Waals surface area contributed by atoms with Crippen molar-refractivity contribution in [3.05, 3.63) is 48.6 Å². The Kier molecular flexibility index (Phi) is 6.27. The summed E-state index contributed by atoms with van der Waals surface area (Å²) in [5.74, 6) is 0. The summed E-state index contributed by atoms with van der Waals surface area (Å²) >= 11 is 0. The van der Waals surface area contributed by atoms with Gasteiger partial charge in [0.05, 0.1) is 0 Å². The van der Waals surface area contributed by atoms with E-state index in [4.69, 9.17) is 0 Å². The molecule has 98 valence electrons. The van der Waals surface area contributed by atoms with E-state index in [2.05, 4.69) is 50.2 Å². The topological polar surface area (TPSA) is 3.24 Å². The van der Waals surface area contributed by atoms with E-state index in [9.17, 15) is 0 Å². The third-order valence-electron chi connectivity index (χ3n) is 3.30. The van der Waals surface area contributed by atoms with Gasteiger partial charge in [0.1, 0.15) is 0 Å². The van der Waals surface area contributed by atoms with E-state index in [1.807, 2.05) is 12.1 Å². The van der Waals surface area contributed by atoms with Crippen molar-refractivity contribution in [3.8, 4) is 0 Å². The fourth-order valence-corrected chi connectivity index (χ4v) is 2.05. The van der Waals surface area contributed by atoms with E-state index in [0.29, 0.717) is 0 Å². The van der Waals surface area contributed by atoms with Crippen molar-refractivity contribution in [1.29, 1.82) is 0 Å². The van der Waals surface area contributed by atoms with Crippen LogP contribution in [0, 0.1) is 0 Å². The summed E-state index contributed by atoms with van der Waals surface area (Å²) in [5, 5.41) is 0. The largest absolute Gasteiger partial charge is 0.375 e. The maximum Gasteiger partial charge on any atom is 0.0370 e. The highest BCUT2D eigenvalue weighted by Crippen LogP contribution is 2.21. The van der Waals surface area contributed by atoms with Gasteiger partial charge in [0.2, 0.25) is 0 Å². The zero-order valence-corrected chi connectivity index (χ0v) is 11.8. The summed E-state index contributed by atoms with van der Waals surface area (Å²) < 4.78 is 0. The molecule has 18 heavy (non-hydrogen) atoms. The van der Waals surface area contributed by atoms with Gasteiger partial charge in [-0.05, 0) is 12.0 Å². The molecule has 0 aliphatic heterocycles. The van der Waals surface area contributed by atoms with Crippen molar-refractivity contribution in [2.45, 2.75) is 32.6 Å². The number of nitrogens with zero attached hydrogens (tertiary/aromatic N) is 1.